The van der Waals surface area contributed by atoms with Gasteiger partial charge in [-0.2, -0.15) is 5.10 Å². The summed E-state index contributed by atoms with van der Waals surface area (Å²) in [5.74, 6) is 1.01. The molecule has 1 atom stereocenters. The molecule has 0 saturated carbocycles. The smallest absolute Gasteiger partial charge is 0.269 e. The van der Waals surface area contributed by atoms with Crippen LogP contribution in [0.3, 0.4) is 0 Å². The Kier molecular flexibility index (Phi) is 4.28. The number of hydrogen-bond acceptors (Lipinski definition) is 6. The molecule has 0 radical (unpaired) electrons. The molecule has 5 rings (SSSR count). The Morgan fingerprint density at radius 2 is 2.07 bits per heavy atom. The van der Waals surface area contributed by atoms with E-state index in [0.29, 0.717) is 41.9 Å². The van der Waals surface area contributed by atoms with Crippen molar-refractivity contribution in [2.24, 2.45) is 0 Å². The average molecular weight is 389 g/mol. The molecule has 2 aliphatic rings. The molecule has 3 aromatic rings. The van der Waals surface area contributed by atoms with Crippen LogP contribution in [0.25, 0.3) is 22.8 Å². The molecule has 2 N–H and O–H groups in total. The molecule has 0 fully saturated rings. The SMILES string of the molecule is CN(C)CC1CNc2ccc(-c3nccc(-c4cc5n(n4)CCNC5=O)n3)cc21. The maximum absolute atomic E-state index is 12.0. The van der Waals surface area contributed by atoms with Gasteiger partial charge in [0.1, 0.15) is 11.4 Å². The summed E-state index contributed by atoms with van der Waals surface area (Å²) in [7, 11) is 4.19. The summed E-state index contributed by atoms with van der Waals surface area (Å²) in [4.78, 5) is 23.5. The fraction of sp³-hybridized carbons (Fsp3) is 0.333. The van der Waals surface area contributed by atoms with Gasteiger partial charge in [0.2, 0.25) is 0 Å². The number of nitrogens with zero attached hydrogens (tertiary/aromatic N) is 5. The summed E-state index contributed by atoms with van der Waals surface area (Å²) in [5, 5.41) is 10.9. The van der Waals surface area contributed by atoms with Gasteiger partial charge in [-0.25, -0.2) is 9.97 Å². The molecule has 29 heavy (non-hydrogen) atoms. The normalized spacial score (nSPS) is 17.6. The first-order chi connectivity index (χ1) is 14.1. The van der Waals surface area contributed by atoms with Crippen molar-refractivity contribution < 1.29 is 4.79 Å². The minimum Gasteiger partial charge on any atom is -0.384 e. The summed E-state index contributed by atoms with van der Waals surface area (Å²) in [6.07, 6.45) is 1.75. The fourth-order valence-electron chi connectivity index (χ4n) is 4.05. The Morgan fingerprint density at radius 3 is 2.90 bits per heavy atom. The van der Waals surface area contributed by atoms with Crippen molar-refractivity contribution in [1.82, 2.24) is 30.0 Å². The molecule has 0 saturated heterocycles. The second-order valence-corrected chi connectivity index (χ2v) is 7.80. The monoisotopic (exact) mass is 389 g/mol. The van der Waals surface area contributed by atoms with Crippen molar-refractivity contribution in [3.63, 3.8) is 0 Å². The van der Waals surface area contributed by atoms with Crippen LogP contribution in [0.2, 0.25) is 0 Å². The van der Waals surface area contributed by atoms with E-state index in [-0.39, 0.29) is 5.91 Å². The third-order valence-electron chi connectivity index (χ3n) is 5.41. The van der Waals surface area contributed by atoms with Gasteiger partial charge in [-0.1, -0.05) is 0 Å². The Balaban J connectivity index is 1.49. The number of likely N-dealkylation sites (N-methyl/N-ethyl adjacent to an activating group) is 1. The highest BCUT2D eigenvalue weighted by Gasteiger charge is 2.24. The molecule has 2 aromatic heterocycles. The van der Waals surface area contributed by atoms with E-state index < -0.39 is 0 Å². The lowest BCUT2D eigenvalue weighted by atomic mass is 9.98. The number of carbonyl (C=O) groups excluding carboxylic acids is 1. The largest absolute Gasteiger partial charge is 0.384 e. The molecule has 148 valence electrons. The van der Waals surface area contributed by atoms with Crippen LogP contribution in [-0.2, 0) is 6.54 Å². The van der Waals surface area contributed by atoms with Crippen LogP contribution in [0.1, 0.15) is 22.0 Å². The van der Waals surface area contributed by atoms with Crippen LogP contribution >= 0.6 is 0 Å². The zero-order valence-corrected chi connectivity index (χ0v) is 16.5. The number of anilines is 1. The number of amides is 1. The lowest BCUT2D eigenvalue weighted by Gasteiger charge is -2.16. The van der Waals surface area contributed by atoms with Crippen molar-refractivity contribution in [3.05, 3.63) is 47.8 Å². The Bertz CT molecular complexity index is 1090. The Labute approximate surface area is 169 Å². The number of rotatable bonds is 4. The Morgan fingerprint density at radius 1 is 1.17 bits per heavy atom. The first-order valence-corrected chi connectivity index (χ1v) is 9.81. The number of fused-ring (bicyclic) bond motifs is 2. The zero-order chi connectivity index (χ0) is 20.0. The first-order valence-electron chi connectivity index (χ1n) is 9.81. The molecule has 8 nitrogen and oxygen atoms in total. The molecule has 0 spiro atoms. The van der Waals surface area contributed by atoms with Crippen molar-refractivity contribution in [1.29, 1.82) is 0 Å². The van der Waals surface area contributed by atoms with Gasteiger partial charge >= 0.3 is 0 Å². The number of aromatic nitrogens is 4. The zero-order valence-electron chi connectivity index (χ0n) is 16.5. The summed E-state index contributed by atoms with van der Waals surface area (Å²) in [6, 6.07) is 9.97. The maximum Gasteiger partial charge on any atom is 0.269 e. The number of hydrogen-bond donors (Lipinski definition) is 2. The van der Waals surface area contributed by atoms with Crippen LogP contribution in [0.5, 0.6) is 0 Å². The van der Waals surface area contributed by atoms with Crippen molar-refractivity contribution >= 4 is 11.6 Å². The molecular weight excluding hydrogens is 366 g/mol. The summed E-state index contributed by atoms with van der Waals surface area (Å²) in [5.41, 5.74) is 5.45. The van der Waals surface area contributed by atoms with Gasteiger partial charge in [0.25, 0.3) is 5.91 Å². The van der Waals surface area contributed by atoms with E-state index in [1.165, 1.54) is 11.3 Å². The van der Waals surface area contributed by atoms with Gasteiger partial charge in [-0.3, -0.25) is 9.48 Å². The predicted octanol–water partition coefficient (Wildman–Crippen LogP) is 1.82. The van der Waals surface area contributed by atoms with E-state index in [2.05, 4.69) is 57.9 Å². The molecule has 2 aliphatic heterocycles. The highest BCUT2D eigenvalue weighted by Crippen LogP contribution is 2.34. The quantitative estimate of drug-likeness (QED) is 0.708. The third kappa shape index (κ3) is 3.25. The van der Waals surface area contributed by atoms with Gasteiger partial charge < -0.3 is 15.5 Å². The van der Waals surface area contributed by atoms with E-state index in [0.717, 1.165) is 18.7 Å². The van der Waals surface area contributed by atoms with E-state index >= 15 is 0 Å². The van der Waals surface area contributed by atoms with Gasteiger partial charge in [0.05, 0.1) is 12.2 Å². The number of benzene rings is 1. The highest BCUT2D eigenvalue weighted by atomic mass is 16.2. The van der Waals surface area contributed by atoms with Gasteiger partial charge in [-0.15, -0.1) is 0 Å². The predicted molar refractivity (Wildman–Crippen MR) is 111 cm³/mol. The maximum atomic E-state index is 12.0. The minimum atomic E-state index is -0.0951. The van der Waals surface area contributed by atoms with Crippen molar-refractivity contribution in [3.8, 4) is 22.8 Å². The third-order valence-corrected chi connectivity index (χ3v) is 5.41. The number of carbonyl (C=O) groups is 1. The number of nitrogens with one attached hydrogen (secondary N) is 2. The van der Waals surface area contributed by atoms with Crippen LogP contribution in [0, 0.1) is 0 Å². The molecule has 1 aromatic carbocycles. The molecule has 0 bridgehead atoms. The lowest BCUT2D eigenvalue weighted by Crippen LogP contribution is -2.35. The van der Waals surface area contributed by atoms with Gasteiger partial charge in [0, 0.05) is 43.0 Å². The van der Waals surface area contributed by atoms with Crippen LogP contribution in [-0.4, -0.2) is 64.3 Å². The van der Waals surface area contributed by atoms with Crippen LogP contribution in [0.4, 0.5) is 5.69 Å². The van der Waals surface area contributed by atoms with E-state index in [1.54, 1.807) is 16.9 Å². The van der Waals surface area contributed by atoms with E-state index in [4.69, 9.17) is 4.98 Å². The first kappa shape index (κ1) is 17.8. The van der Waals surface area contributed by atoms with E-state index in [1.807, 2.05) is 6.07 Å². The standard InChI is InChI=1S/C21H23N7O/c1-27(2)12-14-11-24-16-4-3-13(9-15(14)16)20-22-6-5-17(25-20)18-10-19-21(29)23-7-8-28(19)26-18/h3-6,9-10,14,24H,7-8,11-12H2,1-2H3,(H,23,29). The molecular formula is C21H23N7O. The van der Waals surface area contributed by atoms with Crippen molar-refractivity contribution in [2.75, 3.05) is 39.0 Å². The highest BCUT2D eigenvalue weighted by molar-refractivity contribution is 5.94. The van der Waals surface area contributed by atoms with E-state index in [9.17, 15) is 4.79 Å². The van der Waals surface area contributed by atoms with Crippen LogP contribution in [0.15, 0.2) is 36.5 Å². The second kappa shape index (κ2) is 6.97. The topological polar surface area (TPSA) is 88.0 Å². The molecule has 1 amide bonds. The molecule has 1 unspecified atom stereocenters. The lowest BCUT2D eigenvalue weighted by molar-refractivity contribution is 0.0924. The fourth-order valence-corrected chi connectivity index (χ4v) is 4.05. The Hall–Kier alpha value is -3.26. The van der Waals surface area contributed by atoms with Gasteiger partial charge in [-0.05, 0) is 50.0 Å². The van der Waals surface area contributed by atoms with Crippen molar-refractivity contribution in [2.45, 2.75) is 12.5 Å². The molecule has 0 aliphatic carbocycles. The van der Waals surface area contributed by atoms with Gasteiger partial charge in [0.15, 0.2) is 5.82 Å². The average Bonchev–Trinajstić information content (AvgIpc) is 3.33. The van der Waals surface area contributed by atoms with Crippen LogP contribution < -0.4 is 10.6 Å². The second-order valence-electron chi connectivity index (χ2n) is 7.80. The summed E-state index contributed by atoms with van der Waals surface area (Å²) < 4.78 is 1.74. The molecule has 4 heterocycles. The summed E-state index contributed by atoms with van der Waals surface area (Å²) in [6.45, 7) is 3.20. The minimum absolute atomic E-state index is 0.0951. The summed E-state index contributed by atoms with van der Waals surface area (Å²) >= 11 is 0. The molecule has 8 heteroatoms.